The monoisotopic (exact) mass is 608 g/mol. The van der Waals surface area contributed by atoms with Crippen LogP contribution in [0.5, 0.6) is 11.5 Å². The SMILES string of the molecule is CCCOc1ccc([C@H](O)[C@H](CC[C@H](CN2CCCCCC2)[C@@H](O)c2ccc(OCCC)cc2)CN2CCCCCC2)cc1. The first kappa shape index (κ1) is 34.7. The third-order valence-electron chi connectivity index (χ3n) is 9.57. The molecule has 0 bridgehead atoms. The van der Waals surface area contributed by atoms with Crippen LogP contribution in [0.15, 0.2) is 48.5 Å². The van der Waals surface area contributed by atoms with Crippen molar-refractivity contribution in [2.45, 2.75) is 103 Å². The Kier molecular flexibility index (Phi) is 15.3. The molecule has 0 spiro atoms. The summed E-state index contributed by atoms with van der Waals surface area (Å²) in [7, 11) is 0. The smallest absolute Gasteiger partial charge is 0.119 e. The van der Waals surface area contributed by atoms with E-state index in [0.29, 0.717) is 13.2 Å². The maximum atomic E-state index is 11.8. The van der Waals surface area contributed by atoms with E-state index in [-0.39, 0.29) is 11.8 Å². The molecule has 6 nitrogen and oxygen atoms in total. The average Bonchev–Trinajstić information content (AvgIpc) is 3.49. The third kappa shape index (κ3) is 11.3. The number of hydrogen-bond acceptors (Lipinski definition) is 6. The topological polar surface area (TPSA) is 65.4 Å². The lowest BCUT2D eigenvalue weighted by molar-refractivity contribution is 0.0449. The summed E-state index contributed by atoms with van der Waals surface area (Å²) in [6, 6.07) is 16.1. The summed E-state index contributed by atoms with van der Waals surface area (Å²) in [5, 5.41) is 23.6. The number of hydrogen-bond donors (Lipinski definition) is 2. The van der Waals surface area contributed by atoms with Crippen LogP contribution >= 0.6 is 0 Å². The average molecular weight is 609 g/mol. The number of aliphatic hydroxyl groups is 2. The van der Waals surface area contributed by atoms with E-state index in [2.05, 4.69) is 23.6 Å². The van der Waals surface area contributed by atoms with E-state index in [1.807, 2.05) is 48.5 Å². The summed E-state index contributed by atoms with van der Waals surface area (Å²) in [6.45, 7) is 11.9. The van der Waals surface area contributed by atoms with E-state index in [1.54, 1.807) is 0 Å². The summed E-state index contributed by atoms with van der Waals surface area (Å²) >= 11 is 0. The van der Waals surface area contributed by atoms with Crippen LogP contribution in [-0.4, -0.2) is 72.5 Å². The number of nitrogens with zero attached hydrogens (tertiary/aromatic N) is 2. The van der Waals surface area contributed by atoms with Gasteiger partial charge < -0.3 is 29.5 Å². The highest BCUT2D eigenvalue weighted by Crippen LogP contribution is 2.34. The Morgan fingerprint density at radius 2 is 0.886 bits per heavy atom. The number of aliphatic hydroxyl groups excluding tert-OH is 2. The minimum absolute atomic E-state index is 0.0964. The second kappa shape index (κ2) is 19.4. The molecule has 2 aliphatic heterocycles. The van der Waals surface area contributed by atoms with Gasteiger partial charge in [0.1, 0.15) is 11.5 Å². The van der Waals surface area contributed by atoms with Crippen molar-refractivity contribution in [1.82, 2.24) is 9.80 Å². The van der Waals surface area contributed by atoms with Crippen molar-refractivity contribution >= 4 is 0 Å². The molecule has 0 aliphatic carbocycles. The molecule has 2 fully saturated rings. The van der Waals surface area contributed by atoms with Gasteiger partial charge in [-0.2, -0.15) is 0 Å². The van der Waals surface area contributed by atoms with E-state index < -0.39 is 12.2 Å². The van der Waals surface area contributed by atoms with Gasteiger partial charge in [-0.05, 0) is 113 Å². The van der Waals surface area contributed by atoms with Crippen molar-refractivity contribution < 1.29 is 19.7 Å². The molecule has 0 unspecified atom stereocenters. The highest BCUT2D eigenvalue weighted by Gasteiger charge is 2.29. The van der Waals surface area contributed by atoms with Crippen LogP contribution in [0.25, 0.3) is 0 Å². The number of rotatable bonds is 17. The molecule has 0 saturated carbocycles. The van der Waals surface area contributed by atoms with Gasteiger partial charge >= 0.3 is 0 Å². The summed E-state index contributed by atoms with van der Waals surface area (Å²) in [6.07, 6.45) is 12.7. The molecule has 2 aromatic rings. The molecule has 246 valence electrons. The molecule has 2 aliphatic rings. The van der Waals surface area contributed by atoms with Gasteiger partial charge in [0.15, 0.2) is 0 Å². The quantitative estimate of drug-likeness (QED) is 0.191. The lowest BCUT2D eigenvalue weighted by atomic mass is 9.84. The van der Waals surface area contributed by atoms with Gasteiger partial charge in [-0.15, -0.1) is 0 Å². The first-order chi connectivity index (χ1) is 21.6. The van der Waals surface area contributed by atoms with Gasteiger partial charge in [-0.1, -0.05) is 63.8 Å². The van der Waals surface area contributed by atoms with Gasteiger partial charge in [0.2, 0.25) is 0 Å². The fourth-order valence-electron chi connectivity index (χ4n) is 6.93. The molecule has 0 radical (unpaired) electrons. The molecule has 2 aromatic carbocycles. The lowest BCUT2D eigenvalue weighted by Crippen LogP contribution is -2.36. The van der Waals surface area contributed by atoms with Crippen molar-refractivity contribution in [2.75, 3.05) is 52.5 Å². The molecule has 6 heteroatoms. The number of ether oxygens (including phenoxy) is 2. The molecule has 4 rings (SSSR count). The van der Waals surface area contributed by atoms with Crippen molar-refractivity contribution in [3.63, 3.8) is 0 Å². The van der Waals surface area contributed by atoms with Crippen molar-refractivity contribution in [2.24, 2.45) is 11.8 Å². The van der Waals surface area contributed by atoms with Crippen molar-refractivity contribution in [3.8, 4) is 11.5 Å². The Morgan fingerprint density at radius 1 is 0.545 bits per heavy atom. The standard InChI is InChI=1S/C38H60N2O4/c1-3-27-43-35-19-15-31(16-20-35)37(41)33(29-39-23-9-5-6-10-24-39)13-14-34(30-40-25-11-7-8-12-26-40)38(42)32-17-21-36(22-18-32)44-28-4-2/h15-22,33-34,37-38,41-42H,3-14,23-30H2,1-2H3/t33-,34-,37+,38+/m1/s1. The summed E-state index contributed by atoms with van der Waals surface area (Å²) in [5.74, 6) is 1.91. The summed E-state index contributed by atoms with van der Waals surface area (Å²) in [5.41, 5.74) is 1.92. The highest BCUT2D eigenvalue weighted by atomic mass is 16.5. The Morgan fingerprint density at radius 3 is 1.20 bits per heavy atom. The first-order valence-electron chi connectivity index (χ1n) is 17.8. The zero-order valence-electron chi connectivity index (χ0n) is 27.7. The van der Waals surface area contributed by atoms with E-state index in [4.69, 9.17) is 9.47 Å². The Bertz CT molecular complexity index is 931. The van der Waals surface area contributed by atoms with E-state index in [0.717, 1.165) is 87.6 Å². The van der Waals surface area contributed by atoms with Gasteiger partial charge in [-0.25, -0.2) is 0 Å². The Labute approximate surface area is 267 Å². The third-order valence-corrected chi connectivity index (χ3v) is 9.57. The van der Waals surface area contributed by atoms with Gasteiger partial charge in [-0.3, -0.25) is 0 Å². The van der Waals surface area contributed by atoms with Gasteiger partial charge in [0.25, 0.3) is 0 Å². The first-order valence-corrected chi connectivity index (χ1v) is 17.8. The lowest BCUT2D eigenvalue weighted by Gasteiger charge is -2.34. The predicted octanol–water partition coefficient (Wildman–Crippen LogP) is 7.80. The second-order valence-electron chi connectivity index (χ2n) is 13.3. The van der Waals surface area contributed by atoms with Crippen LogP contribution in [-0.2, 0) is 0 Å². The maximum absolute atomic E-state index is 11.8. The molecule has 0 amide bonds. The molecule has 44 heavy (non-hydrogen) atoms. The maximum Gasteiger partial charge on any atom is 0.119 e. The molecule has 2 heterocycles. The fraction of sp³-hybridized carbons (Fsp3) is 0.684. The van der Waals surface area contributed by atoms with Crippen LogP contribution in [0.4, 0.5) is 0 Å². The zero-order valence-corrected chi connectivity index (χ0v) is 27.7. The second-order valence-corrected chi connectivity index (χ2v) is 13.3. The minimum atomic E-state index is -0.551. The van der Waals surface area contributed by atoms with Crippen molar-refractivity contribution in [1.29, 1.82) is 0 Å². The summed E-state index contributed by atoms with van der Waals surface area (Å²) < 4.78 is 11.6. The van der Waals surface area contributed by atoms with Crippen molar-refractivity contribution in [3.05, 3.63) is 59.7 Å². The zero-order chi connectivity index (χ0) is 31.0. The molecular weight excluding hydrogens is 548 g/mol. The van der Waals surface area contributed by atoms with Crippen LogP contribution in [0.2, 0.25) is 0 Å². The minimum Gasteiger partial charge on any atom is -0.494 e. The van der Waals surface area contributed by atoms with Crippen LogP contribution in [0.3, 0.4) is 0 Å². The molecular formula is C38H60N2O4. The van der Waals surface area contributed by atoms with Gasteiger partial charge in [0, 0.05) is 24.9 Å². The van der Waals surface area contributed by atoms with Crippen LogP contribution in [0, 0.1) is 11.8 Å². The number of likely N-dealkylation sites (tertiary alicyclic amines) is 2. The van der Waals surface area contributed by atoms with Crippen LogP contribution < -0.4 is 9.47 Å². The Hall–Kier alpha value is -2.12. The largest absolute Gasteiger partial charge is 0.494 e. The molecule has 4 atom stereocenters. The summed E-state index contributed by atoms with van der Waals surface area (Å²) in [4.78, 5) is 5.16. The molecule has 0 aromatic heterocycles. The Balaban J connectivity index is 1.51. The van der Waals surface area contributed by atoms with E-state index in [1.165, 1.54) is 51.4 Å². The molecule has 2 N–H and O–H groups in total. The van der Waals surface area contributed by atoms with E-state index >= 15 is 0 Å². The fourth-order valence-corrected chi connectivity index (χ4v) is 6.93. The number of benzene rings is 2. The van der Waals surface area contributed by atoms with Gasteiger partial charge in [0.05, 0.1) is 25.4 Å². The van der Waals surface area contributed by atoms with E-state index in [9.17, 15) is 10.2 Å². The van der Waals surface area contributed by atoms with Crippen LogP contribution in [0.1, 0.15) is 114 Å². The normalized spacial score (nSPS) is 19.8. The molecule has 2 saturated heterocycles. The predicted molar refractivity (Wildman–Crippen MR) is 180 cm³/mol. The highest BCUT2D eigenvalue weighted by molar-refractivity contribution is 5.30.